The third-order valence-corrected chi connectivity index (χ3v) is 4.56. The van der Waals surface area contributed by atoms with Crippen LogP contribution in [0.2, 0.25) is 5.02 Å². The van der Waals surface area contributed by atoms with Crippen LogP contribution in [0.15, 0.2) is 47.6 Å². The molecular weight excluding hydrogens is 477 g/mol. The van der Waals surface area contributed by atoms with Crippen molar-refractivity contribution in [1.82, 2.24) is 15.6 Å². The van der Waals surface area contributed by atoms with Crippen LogP contribution in [0.25, 0.3) is 0 Å². The third-order valence-electron chi connectivity index (χ3n) is 4.27. The molecule has 1 unspecified atom stereocenters. The van der Waals surface area contributed by atoms with Crippen molar-refractivity contribution in [1.29, 1.82) is 0 Å². The van der Waals surface area contributed by atoms with Crippen LogP contribution in [0.4, 0.5) is 5.82 Å². The molecule has 1 saturated heterocycles. The zero-order valence-corrected chi connectivity index (χ0v) is 18.3. The second-order valence-corrected chi connectivity index (χ2v) is 6.65. The molecule has 1 aliphatic heterocycles. The first kappa shape index (κ1) is 21.6. The Bertz CT molecular complexity index is 756. The number of aromatic hydroxyl groups is 1. The van der Waals surface area contributed by atoms with E-state index < -0.39 is 0 Å². The molecule has 0 radical (unpaired) electrons. The van der Waals surface area contributed by atoms with Gasteiger partial charge in [0, 0.05) is 31.9 Å². The van der Waals surface area contributed by atoms with E-state index in [0.29, 0.717) is 11.6 Å². The fraction of sp³-hybridized carbons (Fsp3) is 0.368. The summed E-state index contributed by atoms with van der Waals surface area (Å²) >= 11 is 6.26. The Hall–Kier alpha value is -1.74. The number of nitrogens with one attached hydrogen (secondary N) is 2. The monoisotopic (exact) mass is 501 g/mol. The minimum atomic E-state index is 0. The highest BCUT2D eigenvalue weighted by molar-refractivity contribution is 14.0. The Morgan fingerprint density at radius 2 is 2.11 bits per heavy atom. The molecule has 1 aliphatic rings. The number of halogens is 2. The van der Waals surface area contributed by atoms with Crippen LogP contribution < -0.4 is 15.5 Å². The molecule has 1 aromatic carbocycles. The maximum atomic E-state index is 9.37. The van der Waals surface area contributed by atoms with E-state index in [0.717, 1.165) is 43.4 Å². The van der Waals surface area contributed by atoms with Gasteiger partial charge in [0.1, 0.15) is 11.6 Å². The normalized spacial score (nSPS) is 16.7. The molecule has 0 bridgehead atoms. The number of aliphatic imine (C=N–C) groups is 1. The second kappa shape index (κ2) is 10.6. The van der Waals surface area contributed by atoms with Crippen LogP contribution in [0.1, 0.15) is 18.9 Å². The average molecular weight is 502 g/mol. The molecule has 0 amide bonds. The van der Waals surface area contributed by atoms with Gasteiger partial charge in [-0.2, -0.15) is 0 Å². The summed E-state index contributed by atoms with van der Waals surface area (Å²) in [4.78, 5) is 11.2. The Balaban J connectivity index is 0.00000261. The maximum absolute atomic E-state index is 9.37. The topological polar surface area (TPSA) is 72.8 Å². The molecule has 27 heavy (non-hydrogen) atoms. The van der Waals surface area contributed by atoms with Crippen molar-refractivity contribution in [2.75, 3.05) is 24.5 Å². The smallest absolute Gasteiger partial charge is 0.191 e. The fourth-order valence-corrected chi connectivity index (χ4v) is 3.21. The van der Waals surface area contributed by atoms with E-state index in [1.54, 1.807) is 18.3 Å². The van der Waals surface area contributed by atoms with Crippen molar-refractivity contribution >= 4 is 47.4 Å². The second-order valence-electron chi connectivity index (χ2n) is 6.25. The minimum Gasteiger partial charge on any atom is -0.508 e. The molecule has 0 aliphatic carbocycles. The van der Waals surface area contributed by atoms with E-state index in [1.807, 2.05) is 31.2 Å². The van der Waals surface area contributed by atoms with Gasteiger partial charge in [0.25, 0.3) is 0 Å². The minimum absolute atomic E-state index is 0. The summed E-state index contributed by atoms with van der Waals surface area (Å²) < 4.78 is 0. The zero-order valence-electron chi connectivity index (χ0n) is 15.2. The lowest BCUT2D eigenvalue weighted by Gasteiger charge is -2.20. The highest BCUT2D eigenvalue weighted by atomic mass is 127. The standard InChI is InChI=1S/C19H24ClN5O.HI/c1-2-21-19(23-12-14-5-7-16(26)8-6-14)24-15-9-11-25(13-15)18-17(20)4-3-10-22-18;/h3-8,10,15,26H,2,9,11-13H2,1H3,(H2,21,23,24);1H. The number of hydrogen-bond acceptors (Lipinski definition) is 4. The van der Waals surface area contributed by atoms with Gasteiger partial charge < -0.3 is 20.6 Å². The van der Waals surface area contributed by atoms with E-state index in [1.165, 1.54) is 0 Å². The summed E-state index contributed by atoms with van der Waals surface area (Å²) in [5, 5.41) is 16.8. The Kier molecular flexibility index (Phi) is 8.43. The molecule has 0 spiro atoms. The summed E-state index contributed by atoms with van der Waals surface area (Å²) in [5.41, 5.74) is 1.05. The van der Waals surface area contributed by atoms with Crippen LogP contribution in [-0.2, 0) is 6.54 Å². The number of phenolic OH excluding ortho intramolecular Hbond substituents is 1. The van der Waals surface area contributed by atoms with Gasteiger partial charge in [-0.15, -0.1) is 24.0 Å². The Morgan fingerprint density at radius 3 is 2.81 bits per heavy atom. The van der Waals surface area contributed by atoms with Crippen molar-refractivity contribution in [3.8, 4) is 5.75 Å². The van der Waals surface area contributed by atoms with Gasteiger partial charge >= 0.3 is 0 Å². The molecular formula is C19H25ClIN5O. The van der Waals surface area contributed by atoms with E-state index in [-0.39, 0.29) is 35.8 Å². The number of hydrogen-bond donors (Lipinski definition) is 3. The average Bonchev–Trinajstić information content (AvgIpc) is 3.10. The molecule has 2 heterocycles. The van der Waals surface area contributed by atoms with E-state index >= 15 is 0 Å². The summed E-state index contributed by atoms with van der Waals surface area (Å²) in [5.74, 6) is 1.89. The summed E-state index contributed by atoms with van der Waals surface area (Å²) in [7, 11) is 0. The van der Waals surface area contributed by atoms with Crippen LogP contribution in [0, 0.1) is 0 Å². The lowest BCUT2D eigenvalue weighted by molar-refractivity contribution is 0.475. The summed E-state index contributed by atoms with van der Waals surface area (Å²) in [6.07, 6.45) is 2.77. The first-order valence-corrected chi connectivity index (χ1v) is 9.21. The van der Waals surface area contributed by atoms with Gasteiger partial charge in [0.2, 0.25) is 0 Å². The van der Waals surface area contributed by atoms with Crippen molar-refractivity contribution in [2.24, 2.45) is 4.99 Å². The summed E-state index contributed by atoms with van der Waals surface area (Å²) in [6.45, 7) is 5.14. The van der Waals surface area contributed by atoms with Crippen LogP contribution >= 0.6 is 35.6 Å². The molecule has 1 atom stereocenters. The first-order chi connectivity index (χ1) is 12.7. The SMILES string of the molecule is CCNC(=NCc1ccc(O)cc1)NC1CCN(c2ncccc2Cl)C1.I. The summed E-state index contributed by atoms with van der Waals surface area (Å²) in [6, 6.07) is 11.1. The lowest BCUT2D eigenvalue weighted by Crippen LogP contribution is -2.44. The quantitative estimate of drug-likeness (QED) is 0.333. The first-order valence-electron chi connectivity index (χ1n) is 8.84. The Labute approximate surface area is 182 Å². The van der Waals surface area contributed by atoms with Crippen LogP contribution in [-0.4, -0.2) is 41.7 Å². The van der Waals surface area contributed by atoms with Gasteiger partial charge in [-0.3, -0.25) is 0 Å². The van der Waals surface area contributed by atoms with Gasteiger partial charge in [-0.1, -0.05) is 23.7 Å². The molecule has 3 rings (SSSR count). The highest BCUT2D eigenvalue weighted by Gasteiger charge is 2.25. The predicted octanol–water partition coefficient (Wildman–Crippen LogP) is 3.39. The van der Waals surface area contributed by atoms with Crippen LogP contribution in [0.5, 0.6) is 5.75 Å². The third kappa shape index (κ3) is 6.14. The Morgan fingerprint density at radius 1 is 1.33 bits per heavy atom. The molecule has 1 fully saturated rings. The molecule has 8 heteroatoms. The van der Waals surface area contributed by atoms with Gasteiger partial charge in [0.15, 0.2) is 5.96 Å². The van der Waals surface area contributed by atoms with Gasteiger partial charge in [-0.25, -0.2) is 9.98 Å². The molecule has 6 nitrogen and oxygen atoms in total. The number of phenols is 1. The number of nitrogens with zero attached hydrogens (tertiary/aromatic N) is 3. The maximum Gasteiger partial charge on any atom is 0.191 e. The van der Waals surface area contributed by atoms with E-state index in [4.69, 9.17) is 11.6 Å². The largest absolute Gasteiger partial charge is 0.508 e. The number of aromatic nitrogens is 1. The molecule has 1 aromatic heterocycles. The lowest BCUT2D eigenvalue weighted by atomic mass is 10.2. The van der Waals surface area contributed by atoms with Crippen molar-refractivity contribution in [3.05, 3.63) is 53.2 Å². The van der Waals surface area contributed by atoms with Crippen molar-refractivity contribution in [3.63, 3.8) is 0 Å². The fourth-order valence-electron chi connectivity index (χ4n) is 2.97. The van der Waals surface area contributed by atoms with Crippen molar-refractivity contribution in [2.45, 2.75) is 25.9 Å². The number of anilines is 1. The molecule has 146 valence electrons. The van der Waals surface area contributed by atoms with Crippen molar-refractivity contribution < 1.29 is 5.11 Å². The zero-order chi connectivity index (χ0) is 18.4. The van der Waals surface area contributed by atoms with E-state index in [2.05, 4.69) is 25.5 Å². The predicted molar refractivity (Wildman–Crippen MR) is 121 cm³/mol. The van der Waals surface area contributed by atoms with Gasteiger partial charge in [0.05, 0.1) is 11.6 Å². The van der Waals surface area contributed by atoms with E-state index in [9.17, 15) is 5.11 Å². The number of pyridine rings is 1. The number of benzene rings is 1. The van der Waals surface area contributed by atoms with Crippen LogP contribution in [0.3, 0.4) is 0 Å². The number of rotatable bonds is 5. The molecule has 2 aromatic rings. The van der Waals surface area contributed by atoms with Gasteiger partial charge in [-0.05, 0) is 43.2 Å². The molecule has 0 saturated carbocycles. The number of guanidine groups is 1. The molecule has 3 N–H and O–H groups in total. The highest BCUT2D eigenvalue weighted by Crippen LogP contribution is 2.25.